The van der Waals surface area contributed by atoms with Crippen molar-refractivity contribution < 1.29 is 9.59 Å². The first kappa shape index (κ1) is 20.2. The summed E-state index contributed by atoms with van der Waals surface area (Å²) < 4.78 is 0. The standard InChI is InChI=1S/C15H24N4O2.ClH/c1-11(16-4)10-17-13(20)15(2,3)19-14(21)18-12-8-6-5-7-9-12;/h5-9,11,16H,10H2,1-4H3,(H,17,20)(H2,18,19,21);1H. The third kappa shape index (κ3) is 6.78. The highest BCUT2D eigenvalue weighted by atomic mass is 35.5. The van der Waals surface area contributed by atoms with Gasteiger partial charge in [-0.1, -0.05) is 18.2 Å². The Morgan fingerprint density at radius 2 is 1.77 bits per heavy atom. The molecule has 0 aromatic heterocycles. The molecule has 0 saturated heterocycles. The van der Waals surface area contributed by atoms with Crippen LogP contribution in [-0.4, -0.2) is 37.1 Å². The number of hydrogen-bond donors (Lipinski definition) is 4. The molecule has 7 heteroatoms. The van der Waals surface area contributed by atoms with Crippen LogP contribution in [0.4, 0.5) is 10.5 Å². The highest BCUT2D eigenvalue weighted by Gasteiger charge is 2.29. The quantitative estimate of drug-likeness (QED) is 0.642. The van der Waals surface area contributed by atoms with E-state index < -0.39 is 11.6 Å². The third-order valence-corrected chi connectivity index (χ3v) is 3.09. The fraction of sp³-hybridized carbons (Fsp3) is 0.467. The van der Waals surface area contributed by atoms with Gasteiger partial charge in [0.05, 0.1) is 0 Å². The molecule has 1 rings (SSSR count). The Labute approximate surface area is 137 Å². The van der Waals surface area contributed by atoms with Crippen molar-refractivity contribution in [3.05, 3.63) is 30.3 Å². The number of likely N-dealkylation sites (N-methyl/N-ethyl adjacent to an activating group) is 1. The van der Waals surface area contributed by atoms with Gasteiger partial charge in [0.15, 0.2) is 0 Å². The minimum absolute atomic E-state index is 0. The number of nitrogens with one attached hydrogen (secondary N) is 4. The predicted molar refractivity (Wildman–Crippen MR) is 91.5 cm³/mol. The Bertz CT molecular complexity index is 480. The van der Waals surface area contributed by atoms with Crippen LogP contribution in [0.25, 0.3) is 0 Å². The van der Waals surface area contributed by atoms with Gasteiger partial charge in [0.25, 0.3) is 0 Å². The Morgan fingerprint density at radius 3 is 2.32 bits per heavy atom. The van der Waals surface area contributed by atoms with Crippen molar-refractivity contribution in [3.63, 3.8) is 0 Å². The molecule has 1 atom stereocenters. The number of anilines is 1. The van der Waals surface area contributed by atoms with E-state index in [1.165, 1.54) is 0 Å². The summed E-state index contributed by atoms with van der Waals surface area (Å²) in [5.41, 5.74) is -0.318. The first-order valence-corrected chi connectivity index (χ1v) is 6.95. The Balaban J connectivity index is 0.00000441. The van der Waals surface area contributed by atoms with E-state index in [9.17, 15) is 9.59 Å². The molecule has 1 unspecified atom stereocenters. The molecule has 1 aromatic carbocycles. The zero-order valence-corrected chi connectivity index (χ0v) is 14.2. The van der Waals surface area contributed by atoms with Gasteiger partial charge in [-0.3, -0.25) is 4.79 Å². The number of para-hydroxylation sites is 1. The number of benzene rings is 1. The molecule has 0 saturated carbocycles. The van der Waals surface area contributed by atoms with Crippen molar-refractivity contribution in [3.8, 4) is 0 Å². The summed E-state index contributed by atoms with van der Waals surface area (Å²) in [6, 6.07) is 8.83. The zero-order chi connectivity index (χ0) is 15.9. The lowest BCUT2D eigenvalue weighted by Crippen LogP contribution is -2.57. The zero-order valence-electron chi connectivity index (χ0n) is 13.4. The summed E-state index contributed by atoms with van der Waals surface area (Å²) in [7, 11) is 1.83. The molecule has 0 bridgehead atoms. The highest BCUT2D eigenvalue weighted by Crippen LogP contribution is 2.07. The number of halogens is 1. The van der Waals surface area contributed by atoms with Crippen molar-refractivity contribution in [2.45, 2.75) is 32.4 Å². The lowest BCUT2D eigenvalue weighted by molar-refractivity contribution is -0.126. The van der Waals surface area contributed by atoms with Gasteiger partial charge in [0.1, 0.15) is 5.54 Å². The Morgan fingerprint density at radius 1 is 1.18 bits per heavy atom. The molecule has 0 fully saturated rings. The van der Waals surface area contributed by atoms with Gasteiger partial charge >= 0.3 is 6.03 Å². The second-order valence-electron chi connectivity index (χ2n) is 5.47. The average molecular weight is 329 g/mol. The number of rotatable bonds is 6. The highest BCUT2D eigenvalue weighted by molar-refractivity contribution is 5.95. The van der Waals surface area contributed by atoms with Crippen LogP contribution in [0.3, 0.4) is 0 Å². The largest absolute Gasteiger partial charge is 0.353 e. The topological polar surface area (TPSA) is 82.3 Å². The van der Waals surface area contributed by atoms with Crippen LogP contribution in [0.15, 0.2) is 30.3 Å². The van der Waals surface area contributed by atoms with Crippen LogP contribution in [-0.2, 0) is 4.79 Å². The lowest BCUT2D eigenvalue weighted by Gasteiger charge is -2.26. The first-order valence-electron chi connectivity index (χ1n) is 6.95. The van der Waals surface area contributed by atoms with E-state index in [2.05, 4.69) is 21.3 Å². The van der Waals surface area contributed by atoms with Gasteiger partial charge in [-0.15, -0.1) is 12.4 Å². The van der Waals surface area contributed by atoms with E-state index in [0.717, 1.165) is 0 Å². The number of carbonyl (C=O) groups is 2. The monoisotopic (exact) mass is 328 g/mol. The predicted octanol–water partition coefficient (Wildman–Crippen LogP) is 1.73. The van der Waals surface area contributed by atoms with E-state index >= 15 is 0 Å². The average Bonchev–Trinajstić information content (AvgIpc) is 2.44. The van der Waals surface area contributed by atoms with Gasteiger partial charge in [-0.2, -0.15) is 0 Å². The third-order valence-electron chi connectivity index (χ3n) is 3.09. The second-order valence-corrected chi connectivity index (χ2v) is 5.47. The van der Waals surface area contributed by atoms with Crippen molar-refractivity contribution in [1.29, 1.82) is 0 Å². The van der Waals surface area contributed by atoms with Crippen LogP contribution in [0.2, 0.25) is 0 Å². The van der Waals surface area contributed by atoms with Gasteiger partial charge in [-0.05, 0) is 40.0 Å². The maximum Gasteiger partial charge on any atom is 0.320 e. The summed E-state index contributed by atoms with van der Waals surface area (Å²) in [6.45, 7) is 5.79. The summed E-state index contributed by atoms with van der Waals surface area (Å²) in [5.74, 6) is -0.229. The minimum Gasteiger partial charge on any atom is -0.353 e. The molecule has 0 aliphatic heterocycles. The van der Waals surface area contributed by atoms with Gasteiger partial charge < -0.3 is 21.3 Å². The molecular formula is C15H25ClN4O2. The number of urea groups is 1. The van der Waals surface area contributed by atoms with Crippen LogP contribution in [0.1, 0.15) is 20.8 Å². The summed E-state index contributed by atoms with van der Waals surface area (Å²) in [6.07, 6.45) is 0. The fourth-order valence-electron chi connectivity index (χ4n) is 1.59. The molecule has 124 valence electrons. The van der Waals surface area contributed by atoms with Crippen LogP contribution >= 0.6 is 12.4 Å². The van der Waals surface area contributed by atoms with E-state index in [-0.39, 0.29) is 24.4 Å². The molecule has 3 amide bonds. The van der Waals surface area contributed by atoms with Crippen molar-refractivity contribution in [2.24, 2.45) is 0 Å². The second kappa shape index (κ2) is 9.27. The molecule has 22 heavy (non-hydrogen) atoms. The fourth-order valence-corrected chi connectivity index (χ4v) is 1.59. The van der Waals surface area contributed by atoms with E-state index in [1.807, 2.05) is 32.2 Å². The molecule has 0 spiro atoms. The van der Waals surface area contributed by atoms with Gasteiger partial charge in [-0.25, -0.2) is 4.79 Å². The molecule has 4 N–H and O–H groups in total. The summed E-state index contributed by atoms with van der Waals surface area (Å²) in [5, 5.41) is 11.2. The van der Waals surface area contributed by atoms with Crippen LogP contribution in [0.5, 0.6) is 0 Å². The maximum absolute atomic E-state index is 12.1. The van der Waals surface area contributed by atoms with E-state index in [4.69, 9.17) is 0 Å². The molecular weight excluding hydrogens is 304 g/mol. The first-order chi connectivity index (χ1) is 9.85. The maximum atomic E-state index is 12.1. The number of amides is 3. The molecule has 0 radical (unpaired) electrons. The summed E-state index contributed by atoms with van der Waals surface area (Å²) >= 11 is 0. The molecule has 6 nitrogen and oxygen atoms in total. The smallest absolute Gasteiger partial charge is 0.320 e. The molecule has 0 heterocycles. The van der Waals surface area contributed by atoms with Crippen molar-refractivity contribution in [2.75, 3.05) is 18.9 Å². The molecule has 0 aliphatic carbocycles. The summed E-state index contributed by atoms with van der Waals surface area (Å²) in [4.78, 5) is 24.0. The Hall–Kier alpha value is -1.79. The molecule has 1 aromatic rings. The van der Waals surface area contributed by atoms with Gasteiger partial charge in [0, 0.05) is 18.3 Å². The van der Waals surface area contributed by atoms with E-state index in [1.54, 1.807) is 26.0 Å². The number of carbonyl (C=O) groups excluding carboxylic acids is 2. The SMILES string of the molecule is CNC(C)CNC(=O)C(C)(C)NC(=O)Nc1ccccc1.Cl. The minimum atomic E-state index is -0.994. The van der Waals surface area contributed by atoms with Crippen LogP contribution in [0, 0.1) is 0 Å². The Kier molecular flexibility index (Phi) is 8.52. The van der Waals surface area contributed by atoms with Crippen LogP contribution < -0.4 is 21.3 Å². The van der Waals surface area contributed by atoms with Crippen molar-refractivity contribution in [1.82, 2.24) is 16.0 Å². The molecule has 0 aliphatic rings. The van der Waals surface area contributed by atoms with E-state index in [0.29, 0.717) is 12.2 Å². The van der Waals surface area contributed by atoms with Crippen molar-refractivity contribution >= 4 is 30.0 Å². The number of hydrogen-bond acceptors (Lipinski definition) is 3. The lowest BCUT2D eigenvalue weighted by atomic mass is 10.0. The van der Waals surface area contributed by atoms with Gasteiger partial charge in [0.2, 0.25) is 5.91 Å². The normalized spacial score (nSPS) is 11.8.